The van der Waals surface area contributed by atoms with Crippen LogP contribution in [-0.4, -0.2) is 6.10 Å². The molecule has 1 saturated carbocycles. The number of rotatable bonds is 2. The highest BCUT2D eigenvalue weighted by atomic mass is 16.5. The number of nitrogens with zero attached hydrogens (tertiary/aromatic N) is 1. The zero-order chi connectivity index (χ0) is 22.8. The summed E-state index contributed by atoms with van der Waals surface area (Å²) < 4.78 is 15.2. The Morgan fingerprint density at radius 1 is 0.853 bits per heavy atom. The zero-order valence-corrected chi connectivity index (χ0v) is 19.7. The fourth-order valence-electron chi connectivity index (χ4n) is 6.16. The van der Waals surface area contributed by atoms with Crippen molar-refractivity contribution in [2.24, 2.45) is 7.05 Å². The van der Waals surface area contributed by atoms with Crippen LogP contribution in [0.2, 0.25) is 0 Å². The maximum atomic E-state index is 6.74. The summed E-state index contributed by atoms with van der Waals surface area (Å²) in [6.07, 6.45) is 7.43. The van der Waals surface area contributed by atoms with Crippen molar-refractivity contribution in [3.05, 3.63) is 84.1 Å². The number of para-hydroxylation sites is 1. The largest absolute Gasteiger partial charge is 0.489 e. The first-order valence-corrected chi connectivity index (χ1v) is 12.4. The number of aryl methyl sites for hydroxylation is 2. The highest BCUT2D eigenvalue weighted by Gasteiger charge is 2.36. The lowest BCUT2D eigenvalue weighted by Crippen LogP contribution is -2.30. The van der Waals surface area contributed by atoms with Gasteiger partial charge in [0.25, 0.3) is 0 Å². The minimum absolute atomic E-state index is 0.359. The van der Waals surface area contributed by atoms with E-state index in [-0.39, 0.29) is 0 Å². The molecule has 0 saturated heterocycles. The highest BCUT2D eigenvalue weighted by Crippen LogP contribution is 2.48. The molecule has 0 N–H and O–H groups in total. The van der Waals surface area contributed by atoms with Crippen LogP contribution in [0.1, 0.15) is 42.7 Å². The van der Waals surface area contributed by atoms with Crippen molar-refractivity contribution in [2.75, 3.05) is 0 Å². The average Bonchev–Trinajstić information content (AvgIpc) is 3.42. The van der Waals surface area contributed by atoms with E-state index in [1.807, 2.05) is 0 Å². The molecule has 5 aromatic rings. The Morgan fingerprint density at radius 3 is 2.65 bits per heavy atom. The molecule has 0 amide bonds. The third kappa shape index (κ3) is 2.86. The lowest BCUT2D eigenvalue weighted by atomic mass is 9.82. The van der Waals surface area contributed by atoms with Crippen molar-refractivity contribution in [3.8, 4) is 28.1 Å². The van der Waals surface area contributed by atoms with Crippen LogP contribution in [0.15, 0.2) is 77.3 Å². The lowest BCUT2D eigenvalue weighted by Gasteiger charge is -2.23. The maximum absolute atomic E-state index is 6.74. The molecular formula is C31H28NO2+. The lowest BCUT2D eigenvalue weighted by molar-refractivity contribution is -0.660. The number of hydrogen-bond acceptors (Lipinski definition) is 2. The summed E-state index contributed by atoms with van der Waals surface area (Å²) in [5.41, 5.74) is 9.19. The van der Waals surface area contributed by atoms with Gasteiger partial charge in [0.05, 0.1) is 5.56 Å². The van der Waals surface area contributed by atoms with E-state index in [1.54, 1.807) is 0 Å². The molecule has 2 atom stereocenters. The van der Waals surface area contributed by atoms with Crippen molar-refractivity contribution < 1.29 is 13.7 Å². The molecule has 1 aliphatic heterocycles. The molecule has 3 nitrogen and oxygen atoms in total. The summed E-state index contributed by atoms with van der Waals surface area (Å²) >= 11 is 0. The van der Waals surface area contributed by atoms with Gasteiger partial charge in [0.1, 0.15) is 30.1 Å². The van der Waals surface area contributed by atoms with Crippen molar-refractivity contribution >= 4 is 21.9 Å². The first-order valence-electron chi connectivity index (χ1n) is 12.4. The van der Waals surface area contributed by atoms with Gasteiger partial charge in [-0.05, 0) is 55.5 Å². The van der Waals surface area contributed by atoms with Crippen molar-refractivity contribution in [3.63, 3.8) is 0 Å². The van der Waals surface area contributed by atoms with Gasteiger partial charge in [-0.15, -0.1) is 0 Å². The molecule has 0 spiro atoms. The Kier molecular flexibility index (Phi) is 4.35. The second-order valence-electron chi connectivity index (χ2n) is 9.92. The summed E-state index contributed by atoms with van der Waals surface area (Å²) in [7, 11) is 2.09. The fraction of sp³-hybridized carbons (Fsp3) is 0.258. The summed E-state index contributed by atoms with van der Waals surface area (Å²) in [6.45, 7) is 2.16. The van der Waals surface area contributed by atoms with Crippen LogP contribution in [0.25, 0.3) is 44.3 Å². The molecule has 2 aromatic heterocycles. The molecule has 168 valence electrons. The average molecular weight is 447 g/mol. The van der Waals surface area contributed by atoms with Crippen LogP contribution in [0.4, 0.5) is 0 Å². The monoisotopic (exact) mass is 446 g/mol. The zero-order valence-electron chi connectivity index (χ0n) is 19.7. The number of aromatic nitrogens is 1. The minimum atomic E-state index is 0.359. The molecule has 0 radical (unpaired) electrons. The number of furan rings is 1. The maximum Gasteiger partial charge on any atom is 0.216 e. The van der Waals surface area contributed by atoms with Gasteiger partial charge in [-0.2, -0.15) is 0 Å². The molecule has 2 unspecified atom stereocenters. The SMILES string of the molecule is Cc1ccc2c(oc3c(-c4ccc5c(c4)C4CCCCC4O5)cccc32)c1-c1cccc[n+]1C. The number of hydrogen-bond donors (Lipinski definition) is 0. The molecule has 3 aromatic carbocycles. The standard InChI is InChI=1S/C31H28NO2/c1-19-13-15-24-23-10-7-9-21(30(23)34-31(24)29(19)26-11-5-6-17-32(26)2)20-14-16-28-25(18-20)22-8-3-4-12-27(22)33-28/h5-7,9-11,13-18,22,27H,3-4,8,12H2,1-2H3/q+1. The van der Waals surface area contributed by atoms with E-state index in [0.717, 1.165) is 39.1 Å². The van der Waals surface area contributed by atoms with Gasteiger partial charge in [0.15, 0.2) is 6.20 Å². The Bertz CT molecular complexity index is 1580. The molecule has 2 aliphatic rings. The van der Waals surface area contributed by atoms with Gasteiger partial charge < -0.3 is 9.15 Å². The molecule has 1 aliphatic carbocycles. The summed E-state index contributed by atoms with van der Waals surface area (Å²) in [5.74, 6) is 1.61. The van der Waals surface area contributed by atoms with Gasteiger partial charge in [-0.3, -0.25) is 0 Å². The first kappa shape index (κ1) is 19.8. The van der Waals surface area contributed by atoms with Crippen LogP contribution in [0.3, 0.4) is 0 Å². The first-order chi connectivity index (χ1) is 16.7. The van der Waals surface area contributed by atoms with Gasteiger partial charge in [0, 0.05) is 39.9 Å². The Labute approximate surface area is 199 Å². The van der Waals surface area contributed by atoms with Crippen molar-refractivity contribution in [1.29, 1.82) is 0 Å². The van der Waals surface area contributed by atoms with Crippen molar-refractivity contribution in [2.45, 2.75) is 44.6 Å². The summed E-state index contributed by atoms with van der Waals surface area (Å²) in [4.78, 5) is 0. The third-order valence-electron chi connectivity index (χ3n) is 7.89. The van der Waals surface area contributed by atoms with Crippen LogP contribution in [-0.2, 0) is 7.05 Å². The van der Waals surface area contributed by atoms with E-state index in [2.05, 4.69) is 91.5 Å². The van der Waals surface area contributed by atoms with Gasteiger partial charge in [0.2, 0.25) is 5.69 Å². The number of fused-ring (bicyclic) bond motifs is 6. The molecular weight excluding hydrogens is 418 g/mol. The normalized spacial score (nSPS) is 19.2. The van der Waals surface area contributed by atoms with Gasteiger partial charge >= 0.3 is 0 Å². The molecule has 3 heterocycles. The predicted octanol–water partition coefficient (Wildman–Crippen LogP) is 7.47. The molecule has 34 heavy (non-hydrogen) atoms. The van der Waals surface area contributed by atoms with Gasteiger partial charge in [-0.1, -0.05) is 42.8 Å². The topological polar surface area (TPSA) is 26.2 Å². The van der Waals surface area contributed by atoms with Crippen molar-refractivity contribution in [1.82, 2.24) is 0 Å². The van der Waals surface area contributed by atoms with E-state index in [9.17, 15) is 0 Å². The Morgan fingerprint density at radius 2 is 1.74 bits per heavy atom. The van der Waals surface area contributed by atoms with E-state index >= 15 is 0 Å². The Hall–Kier alpha value is -3.59. The van der Waals surface area contributed by atoms with Crippen LogP contribution < -0.4 is 9.30 Å². The second kappa shape index (κ2) is 7.46. The van der Waals surface area contributed by atoms with E-state index in [0.29, 0.717) is 12.0 Å². The quantitative estimate of drug-likeness (QED) is 0.263. The highest BCUT2D eigenvalue weighted by molar-refractivity contribution is 6.13. The Balaban J connectivity index is 1.44. The van der Waals surface area contributed by atoms with Gasteiger partial charge in [-0.25, -0.2) is 4.57 Å². The molecule has 0 bridgehead atoms. The molecule has 7 rings (SSSR count). The van der Waals surface area contributed by atoms with E-state index in [1.165, 1.54) is 47.8 Å². The summed E-state index contributed by atoms with van der Waals surface area (Å²) in [5, 5.41) is 2.33. The number of pyridine rings is 1. The van der Waals surface area contributed by atoms with E-state index in [4.69, 9.17) is 9.15 Å². The molecule has 3 heteroatoms. The minimum Gasteiger partial charge on any atom is -0.489 e. The third-order valence-corrected chi connectivity index (χ3v) is 7.89. The number of benzene rings is 3. The predicted molar refractivity (Wildman–Crippen MR) is 136 cm³/mol. The fourth-order valence-corrected chi connectivity index (χ4v) is 6.16. The molecule has 1 fully saturated rings. The number of ether oxygens (including phenoxy) is 1. The second-order valence-corrected chi connectivity index (χ2v) is 9.92. The summed E-state index contributed by atoms with van der Waals surface area (Å²) in [6, 6.07) is 24.0. The van der Waals surface area contributed by atoms with Crippen LogP contribution in [0, 0.1) is 6.92 Å². The van der Waals surface area contributed by atoms with E-state index < -0.39 is 0 Å². The van der Waals surface area contributed by atoms with Crippen LogP contribution in [0.5, 0.6) is 5.75 Å². The van der Waals surface area contributed by atoms with Crippen LogP contribution >= 0.6 is 0 Å². The smallest absolute Gasteiger partial charge is 0.216 e.